The van der Waals surface area contributed by atoms with Crippen LogP contribution in [0.3, 0.4) is 0 Å². The van der Waals surface area contributed by atoms with E-state index in [-0.39, 0.29) is 18.3 Å². The fourth-order valence-corrected chi connectivity index (χ4v) is 3.54. The van der Waals surface area contributed by atoms with Crippen LogP contribution in [0.5, 0.6) is 0 Å². The topological polar surface area (TPSA) is 68.0 Å². The van der Waals surface area contributed by atoms with Crippen LogP contribution in [0.4, 0.5) is 5.69 Å². The van der Waals surface area contributed by atoms with E-state index in [4.69, 9.17) is 5.73 Å². The first-order valence-corrected chi connectivity index (χ1v) is 6.71. The van der Waals surface area contributed by atoms with Crippen molar-refractivity contribution in [3.05, 3.63) is 24.0 Å². The molecule has 1 amide bonds. The Labute approximate surface area is 119 Å². The minimum absolute atomic E-state index is 0. The number of rotatable bonds is 3. The molecular formula is C14H20ClN3O. The molecule has 1 aromatic heterocycles. The van der Waals surface area contributed by atoms with Gasteiger partial charge in [-0.1, -0.05) is 6.42 Å². The van der Waals surface area contributed by atoms with Gasteiger partial charge in [0.05, 0.1) is 5.56 Å². The Morgan fingerprint density at radius 2 is 2.26 bits per heavy atom. The summed E-state index contributed by atoms with van der Waals surface area (Å²) in [7, 11) is 0. The molecule has 5 heteroatoms. The van der Waals surface area contributed by atoms with Crippen LogP contribution in [0, 0.1) is 17.8 Å². The van der Waals surface area contributed by atoms with E-state index >= 15 is 0 Å². The fraction of sp³-hybridized carbons (Fsp3) is 0.571. The van der Waals surface area contributed by atoms with Gasteiger partial charge in [0.2, 0.25) is 0 Å². The molecule has 1 heterocycles. The van der Waals surface area contributed by atoms with Crippen LogP contribution in [0.25, 0.3) is 0 Å². The largest absolute Gasteiger partial charge is 0.398 e. The third-order valence-corrected chi connectivity index (χ3v) is 4.51. The Hall–Kier alpha value is -1.29. The molecule has 2 aliphatic carbocycles. The molecule has 3 unspecified atom stereocenters. The normalized spacial score (nSPS) is 27.9. The lowest BCUT2D eigenvalue weighted by atomic mass is 9.89. The molecule has 104 valence electrons. The van der Waals surface area contributed by atoms with Crippen LogP contribution in [-0.2, 0) is 0 Å². The maximum atomic E-state index is 12.0. The van der Waals surface area contributed by atoms with Gasteiger partial charge in [0.25, 0.3) is 5.91 Å². The van der Waals surface area contributed by atoms with Gasteiger partial charge in [0.1, 0.15) is 0 Å². The molecule has 2 fully saturated rings. The van der Waals surface area contributed by atoms with Gasteiger partial charge in [-0.05, 0) is 43.1 Å². The summed E-state index contributed by atoms with van der Waals surface area (Å²) >= 11 is 0. The highest BCUT2D eigenvalue weighted by atomic mass is 35.5. The van der Waals surface area contributed by atoms with Crippen LogP contribution in [-0.4, -0.2) is 17.4 Å². The number of amides is 1. The second-order valence-corrected chi connectivity index (χ2v) is 5.61. The Bertz CT molecular complexity index is 466. The smallest absolute Gasteiger partial charge is 0.254 e. The zero-order chi connectivity index (χ0) is 12.5. The van der Waals surface area contributed by atoms with Crippen LogP contribution in [0.15, 0.2) is 18.5 Å². The van der Waals surface area contributed by atoms with Crippen molar-refractivity contribution in [3.8, 4) is 0 Å². The third kappa shape index (κ3) is 2.84. The summed E-state index contributed by atoms with van der Waals surface area (Å²) in [5, 5.41) is 3.01. The van der Waals surface area contributed by atoms with Crippen molar-refractivity contribution in [2.45, 2.75) is 25.7 Å². The molecule has 0 radical (unpaired) electrons. The van der Waals surface area contributed by atoms with Gasteiger partial charge in [0.15, 0.2) is 0 Å². The molecule has 0 saturated heterocycles. The Balaban J connectivity index is 0.00000133. The lowest BCUT2D eigenvalue weighted by molar-refractivity contribution is 0.0942. The number of nitrogens with two attached hydrogens (primary N) is 1. The number of hydrogen-bond donors (Lipinski definition) is 2. The molecule has 0 spiro atoms. The number of nitrogen functional groups attached to an aromatic ring is 1. The van der Waals surface area contributed by atoms with Gasteiger partial charge >= 0.3 is 0 Å². The summed E-state index contributed by atoms with van der Waals surface area (Å²) in [6.07, 6.45) is 8.53. The number of carbonyl (C=O) groups is 1. The highest BCUT2D eigenvalue weighted by Crippen LogP contribution is 2.47. The average Bonchev–Trinajstić information content (AvgIpc) is 2.98. The summed E-state index contributed by atoms with van der Waals surface area (Å²) in [5.41, 5.74) is 6.75. The number of halogens is 1. The number of carbonyl (C=O) groups excluding carboxylic acids is 1. The second kappa shape index (κ2) is 5.78. The zero-order valence-electron chi connectivity index (χ0n) is 10.8. The molecule has 2 bridgehead atoms. The molecule has 0 aromatic carbocycles. The highest BCUT2D eigenvalue weighted by molar-refractivity contribution is 5.98. The third-order valence-electron chi connectivity index (χ3n) is 4.51. The van der Waals surface area contributed by atoms with Gasteiger partial charge in [-0.2, -0.15) is 0 Å². The number of fused-ring (bicyclic) bond motifs is 2. The van der Waals surface area contributed by atoms with Crippen molar-refractivity contribution in [1.82, 2.24) is 10.3 Å². The van der Waals surface area contributed by atoms with Crippen molar-refractivity contribution in [3.63, 3.8) is 0 Å². The Morgan fingerprint density at radius 3 is 2.89 bits per heavy atom. The molecule has 3 rings (SSSR count). The van der Waals surface area contributed by atoms with Crippen molar-refractivity contribution >= 4 is 24.0 Å². The van der Waals surface area contributed by atoms with Gasteiger partial charge in [-0.25, -0.2) is 0 Å². The van der Waals surface area contributed by atoms with Crippen LogP contribution < -0.4 is 11.1 Å². The van der Waals surface area contributed by atoms with E-state index in [9.17, 15) is 4.79 Å². The molecule has 0 aliphatic heterocycles. The van der Waals surface area contributed by atoms with E-state index in [1.54, 1.807) is 12.3 Å². The first kappa shape index (κ1) is 14.1. The maximum absolute atomic E-state index is 12.0. The van der Waals surface area contributed by atoms with Crippen molar-refractivity contribution in [2.24, 2.45) is 17.8 Å². The Morgan fingerprint density at radius 1 is 1.42 bits per heavy atom. The van der Waals surface area contributed by atoms with Crippen molar-refractivity contribution in [2.75, 3.05) is 12.3 Å². The molecule has 19 heavy (non-hydrogen) atoms. The van der Waals surface area contributed by atoms with E-state index in [2.05, 4.69) is 10.3 Å². The summed E-state index contributed by atoms with van der Waals surface area (Å²) in [6.45, 7) is 0.786. The quantitative estimate of drug-likeness (QED) is 0.893. The molecule has 4 nitrogen and oxygen atoms in total. The van der Waals surface area contributed by atoms with E-state index in [1.807, 2.05) is 0 Å². The first-order valence-electron chi connectivity index (χ1n) is 6.71. The van der Waals surface area contributed by atoms with Gasteiger partial charge in [-0.15, -0.1) is 12.4 Å². The summed E-state index contributed by atoms with van der Waals surface area (Å²) in [5.74, 6) is 2.33. The molecule has 1 aromatic rings. The number of anilines is 1. The Kier molecular flexibility index (Phi) is 4.30. The van der Waals surface area contributed by atoms with E-state index in [0.717, 1.165) is 18.4 Å². The number of aromatic nitrogens is 1. The number of hydrogen-bond acceptors (Lipinski definition) is 3. The SMILES string of the molecule is Cl.Nc1ccncc1C(=O)NCC1CC2CCC1C2. The fourth-order valence-electron chi connectivity index (χ4n) is 3.54. The minimum Gasteiger partial charge on any atom is -0.398 e. The minimum atomic E-state index is -0.0941. The standard InChI is InChI=1S/C14H19N3O.ClH/c15-13-3-4-16-8-12(13)14(18)17-7-11-6-9-1-2-10(11)5-9;/h3-4,8-11H,1-2,5-7H2,(H2,15,16)(H,17,18);1H. The monoisotopic (exact) mass is 281 g/mol. The summed E-state index contributed by atoms with van der Waals surface area (Å²) in [6, 6.07) is 1.66. The summed E-state index contributed by atoms with van der Waals surface area (Å²) < 4.78 is 0. The van der Waals surface area contributed by atoms with Crippen LogP contribution >= 0.6 is 12.4 Å². The first-order chi connectivity index (χ1) is 8.74. The predicted molar refractivity (Wildman–Crippen MR) is 77.2 cm³/mol. The highest BCUT2D eigenvalue weighted by Gasteiger charge is 2.39. The van der Waals surface area contributed by atoms with Gasteiger partial charge in [-0.3, -0.25) is 9.78 Å². The van der Waals surface area contributed by atoms with Gasteiger partial charge < -0.3 is 11.1 Å². The number of nitrogens with zero attached hydrogens (tertiary/aromatic N) is 1. The van der Waals surface area contributed by atoms with E-state index in [0.29, 0.717) is 17.2 Å². The average molecular weight is 282 g/mol. The van der Waals surface area contributed by atoms with Crippen molar-refractivity contribution in [1.29, 1.82) is 0 Å². The lowest BCUT2D eigenvalue weighted by Gasteiger charge is -2.21. The molecule has 2 saturated carbocycles. The number of pyridine rings is 1. The number of nitrogens with one attached hydrogen (secondary N) is 1. The van der Waals surface area contributed by atoms with E-state index < -0.39 is 0 Å². The van der Waals surface area contributed by atoms with Crippen LogP contribution in [0.1, 0.15) is 36.0 Å². The van der Waals surface area contributed by atoms with Gasteiger partial charge in [0, 0.05) is 24.6 Å². The maximum Gasteiger partial charge on any atom is 0.254 e. The second-order valence-electron chi connectivity index (χ2n) is 5.61. The predicted octanol–water partition coefficient (Wildman–Crippen LogP) is 2.25. The van der Waals surface area contributed by atoms with E-state index in [1.165, 1.54) is 31.9 Å². The molecule has 3 N–H and O–H groups in total. The van der Waals surface area contributed by atoms with Crippen molar-refractivity contribution < 1.29 is 4.79 Å². The summed E-state index contributed by atoms with van der Waals surface area (Å²) in [4.78, 5) is 15.9. The zero-order valence-corrected chi connectivity index (χ0v) is 11.7. The molecular weight excluding hydrogens is 262 g/mol. The van der Waals surface area contributed by atoms with Crippen LogP contribution in [0.2, 0.25) is 0 Å². The molecule has 3 atom stereocenters. The lowest BCUT2D eigenvalue weighted by Crippen LogP contribution is -2.32. The molecule has 2 aliphatic rings.